The second-order valence-corrected chi connectivity index (χ2v) is 6.10. The van der Waals surface area contributed by atoms with Gasteiger partial charge in [-0.25, -0.2) is 0 Å². The first-order chi connectivity index (χ1) is 9.91. The van der Waals surface area contributed by atoms with Gasteiger partial charge >= 0.3 is 0 Å². The number of carbonyl (C=O) groups is 1. The fourth-order valence-electron chi connectivity index (χ4n) is 2.23. The predicted molar refractivity (Wildman–Crippen MR) is 85.5 cm³/mol. The first-order valence-corrected chi connectivity index (χ1v) is 7.02. The van der Waals surface area contributed by atoms with Crippen molar-refractivity contribution in [3.05, 3.63) is 65.2 Å². The van der Waals surface area contributed by atoms with E-state index in [1.165, 1.54) is 0 Å². The van der Waals surface area contributed by atoms with Crippen LogP contribution in [0.25, 0.3) is 0 Å². The highest BCUT2D eigenvalue weighted by Crippen LogP contribution is 2.26. The van der Waals surface area contributed by atoms with Crippen LogP contribution in [0.3, 0.4) is 0 Å². The van der Waals surface area contributed by atoms with Crippen molar-refractivity contribution in [2.75, 3.05) is 5.32 Å². The van der Waals surface area contributed by atoms with E-state index in [2.05, 4.69) is 26.1 Å². The van der Waals surface area contributed by atoms with Crippen molar-refractivity contribution in [1.82, 2.24) is 0 Å². The molecule has 0 aliphatic heterocycles. The van der Waals surface area contributed by atoms with Gasteiger partial charge in [-0.3, -0.25) is 4.79 Å². The van der Waals surface area contributed by atoms with Crippen LogP contribution in [0.4, 0.5) is 5.69 Å². The molecule has 1 amide bonds. The minimum atomic E-state index is -0.114. The van der Waals surface area contributed by atoms with Gasteiger partial charge in [-0.2, -0.15) is 0 Å². The minimum absolute atomic E-state index is 0.00108. The molecule has 3 heteroatoms. The summed E-state index contributed by atoms with van der Waals surface area (Å²) in [5.41, 5.74) is 3.17. The van der Waals surface area contributed by atoms with Gasteiger partial charge < -0.3 is 10.4 Å². The van der Waals surface area contributed by atoms with Crippen molar-refractivity contribution in [2.45, 2.75) is 32.8 Å². The molecule has 21 heavy (non-hydrogen) atoms. The summed E-state index contributed by atoms with van der Waals surface area (Å²) in [6, 6.07) is 14.8. The SMILES string of the molecule is CC(C)(C)c1ccccc1C(=O)Nc1ccc(CO)cc1. The lowest BCUT2D eigenvalue weighted by Crippen LogP contribution is -2.20. The summed E-state index contributed by atoms with van der Waals surface area (Å²) in [6.07, 6.45) is 0. The Labute approximate surface area is 125 Å². The number of carbonyl (C=O) groups excluding carboxylic acids is 1. The smallest absolute Gasteiger partial charge is 0.255 e. The third-order valence-corrected chi connectivity index (χ3v) is 3.37. The number of anilines is 1. The van der Waals surface area contributed by atoms with E-state index < -0.39 is 0 Å². The summed E-state index contributed by atoms with van der Waals surface area (Å²) in [4.78, 5) is 12.5. The van der Waals surface area contributed by atoms with Gasteiger partial charge in [0.1, 0.15) is 0 Å². The Kier molecular flexibility index (Phi) is 4.43. The van der Waals surface area contributed by atoms with Crippen LogP contribution in [0.2, 0.25) is 0 Å². The van der Waals surface area contributed by atoms with Gasteiger partial charge in [-0.1, -0.05) is 51.1 Å². The fourth-order valence-corrected chi connectivity index (χ4v) is 2.23. The van der Waals surface area contributed by atoms with Crippen molar-refractivity contribution in [1.29, 1.82) is 0 Å². The summed E-state index contributed by atoms with van der Waals surface area (Å²) in [5, 5.41) is 11.9. The topological polar surface area (TPSA) is 49.3 Å². The third-order valence-electron chi connectivity index (χ3n) is 3.37. The molecular formula is C18H21NO2. The molecule has 0 saturated heterocycles. The van der Waals surface area contributed by atoms with Gasteiger partial charge in [0.2, 0.25) is 0 Å². The molecule has 2 aromatic carbocycles. The highest BCUT2D eigenvalue weighted by Gasteiger charge is 2.21. The molecule has 2 N–H and O–H groups in total. The van der Waals surface area contributed by atoms with E-state index in [1.54, 1.807) is 24.3 Å². The van der Waals surface area contributed by atoms with Crippen LogP contribution in [0.1, 0.15) is 42.3 Å². The highest BCUT2D eigenvalue weighted by molar-refractivity contribution is 6.05. The third kappa shape index (κ3) is 3.70. The normalized spacial score (nSPS) is 11.2. The summed E-state index contributed by atoms with van der Waals surface area (Å²) < 4.78 is 0. The molecule has 3 nitrogen and oxygen atoms in total. The number of hydrogen-bond acceptors (Lipinski definition) is 2. The molecule has 0 radical (unpaired) electrons. The van der Waals surface area contributed by atoms with Gasteiger partial charge in [-0.05, 0) is 34.7 Å². The molecule has 0 aromatic heterocycles. The molecule has 110 valence electrons. The van der Waals surface area contributed by atoms with Crippen LogP contribution in [0.5, 0.6) is 0 Å². The van der Waals surface area contributed by atoms with E-state index in [0.717, 1.165) is 16.8 Å². The molecule has 0 unspecified atom stereocenters. The second-order valence-electron chi connectivity index (χ2n) is 6.10. The van der Waals surface area contributed by atoms with Crippen molar-refractivity contribution >= 4 is 11.6 Å². The molecule has 0 aliphatic carbocycles. The van der Waals surface area contributed by atoms with Gasteiger partial charge in [-0.15, -0.1) is 0 Å². The van der Waals surface area contributed by atoms with E-state index in [0.29, 0.717) is 5.56 Å². The van der Waals surface area contributed by atoms with Crippen LogP contribution in [-0.4, -0.2) is 11.0 Å². The number of benzene rings is 2. The van der Waals surface area contributed by atoms with Crippen LogP contribution in [-0.2, 0) is 12.0 Å². The Morgan fingerprint density at radius 1 is 1.05 bits per heavy atom. The molecule has 0 bridgehead atoms. The number of rotatable bonds is 3. The molecule has 0 atom stereocenters. The van der Waals surface area contributed by atoms with Crippen molar-refractivity contribution in [2.24, 2.45) is 0 Å². The maximum atomic E-state index is 12.5. The summed E-state index contributed by atoms with van der Waals surface area (Å²) in [6.45, 7) is 6.28. The molecule has 0 spiro atoms. The number of nitrogens with one attached hydrogen (secondary N) is 1. The van der Waals surface area contributed by atoms with Gasteiger partial charge in [0.15, 0.2) is 0 Å². The molecule has 2 rings (SSSR count). The average Bonchev–Trinajstić information content (AvgIpc) is 2.47. The highest BCUT2D eigenvalue weighted by atomic mass is 16.3. The molecule has 0 aliphatic rings. The summed E-state index contributed by atoms with van der Waals surface area (Å²) in [7, 11) is 0. The second kappa shape index (κ2) is 6.10. The maximum Gasteiger partial charge on any atom is 0.255 e. The zero-order chi connectivity index (χ0) is 15.5. The van der Waals surface area contributed by atoms with Gasteiger partial charge in [0.05, 0.1) is 6.61 Å². The summed E-state index contributed by atoms with van der Waals surface area (Å²) in [5.74, 6) is -0.114. The number of aliphatic hydroxyl groups excluding tert-OH is 1. The number of amides is 1. The van der Waals surface area contributed by atoms with Crippen LogP contribution < -0.4 is 5.32 Å². The van der Waals surface area contributed by atoms with Crippen molar-refractivity contribution in [3.8, 4) is 0 Å². The fraction of sp³-hybridized carbons (Fsp3) is 0.278. The monoisotopic (exact) mass is 283 g/mol. The van der Waals surface area contributed by atoms with E-state index in [4.69, 9.17) is 5.11 Å². The Morgan fingerprint density at radius 2 is 1.67 bits per heavy atom. The first-order valence-electron chi connectivity index (χ1n) is 7.02. The van der Waals surface area contributed by atoms with E-state index in [1.807, 2.05) is 24.3 Å². The Balaban J connectivity index is 2.24. The zero-order valence-corrected chi connectivity index (χ0v) is 12.7. The molecule has 0 heterocycles. The molecule has 0 saturated carbocycles. The number of hydrogen-bond donors (Lipinski definition) is 2. The molecule has 0 fully saturated rings. The Hall–Kier alpha value is -2.13. The predicted octanol–water partition coefficient (Wildman–Crippen LogP) is 3.73. The maximum absolute atomic E-state index is 12.5. The first kappa shape index (κ1) is 15.3. The van der Waals surface area contributed by atoms with Crippen LogP contribution in [0, 0.1) is 0 Å². The van der Waals surface area contributed by atoms with E-state index in [-0.39, 0.29) is 17.9 Å². The molecular weight excluding hydrogens is 262 g/mol. The Bertz CT molecular complexity index is 624. The van der Waals surface area contributed by atoms with Gasteiger partial charge in [0, 0.05) is 11.3 Å². The lowest BCUT2D eigenvalue weighted by atomic mass is 9.83. The number of aliphatic hydroxyl groups is 1. The summed E-state index contributed by atoms with van der Waals surface area (Å²) >= 11 is 0. The largest absolute Gasteiger partial charge is 0.392 e. The van der Waals surface area contributed by atoms with Crippen molar-refractivity contribution in [3.63, 3.8) is 0 Å². The van der Waals surface area contributed by atoms with E-state index >= 15 is 0 Å². The quantitative estimate of drug-likeness (QED) is 0.901. The lowest BCUT2D eigenvalue weighted by Gasteiger charge is -2.22. The molecule has 2 aromatic rings. The lowest BCUT2D eigenvalue weighted by molar-refractivity contribution is 0.102. The zero-order valence-electron chi connectivity index (χ0n) is 12.7. The minimum Gasteiger partial charge on any atom is -0.392 e. The van der Waals surface area contributed by atoms with Crippen molar-refractivity contribution < 1.29 is 9.90 Å². The van der Waals surface area contributed by atoms with Gasteiger partial charge in [0.25, 0.3) is 5.91 Å². The van der Waals surface area contributed by atoms with E-state index in [9.17, 15) is 4.79 Å². The standard InChI is InChI=1S/C18H21NO2/c1-18(2,3)16-7-5-4-6-15(16)17(21)19-14-10-8-13(12-20)9-11-14/h4-11,20H,12H2,1-3H3,(H,19,21). The van der Waals surface area contributed by atoms with Crippen LogP contribution >= 0.6 is 0 Å². The van der Waals surface area contributed by atoms with Crippen LogP contribution in [0.15, 0.2) is 48.5 Å². The average molecular weight is 283 g/mol. The Morgan fingerprint density at radius 3 is 2.24 bits per heavy atom.